The summed E-state index contributed by atoms with van der Waals surface area (Å²) < 4.78 is 6.01. The van der Waals surface area contributed by atoms with Crippen molar-refractivity contribution in [1.29, 1.82) is 0 Å². The number of ether oxygens (including phenoxy) is 1. The molecule has 106 valence electrons. The van der Waals surface area contributed by atoms with Crippen LogP contribution in [0.3, 0.4) is 0 Å². The van der Waals surface area contributed by atoms with Crippen LogP contribution in [-0.2, 0) is 9.53 Å². The van der Waals surface area contributed by atoms with Gasteiger partial charge in [0.15, 0.2) is 0 Å². The van der Waals surface area contributed by atoms with Gasteiger partial charge in [-0.3, -0.25) is 4.79 Å². The van der Waals surface area contributed by atoms with Crippen molar-refractivity contribution in [2.24, 2.45) is 0 Å². The molecule has 0 aromatic heterocycles. The van der Waals surface area contributed by atoms with E-state index in [1.54, 1.807) is 12.1 Å². The molecule has 0 fully saturated rings. The van der Waals surface area contributed by atoms with Crippen molar-refractivity contribution in [1.82, 2.24) is 0 Å². The average Bonchev–Trinajstić information content (AvgIpc) is 2.19. The minimum absolute atomic E-state index is 0.250. The Hall–Kier alpha value is -0.450. The Bertz CT molecular complexity index is 449. The third-order valence-corrected chi connectivity index (χ3v) is 3.11. The van der Waals surface area contributed by atoms with E-state index in [1.807, 2.05) is 20.8 Å². The number of rotatable bonds is 4. The van der Waals surface area contributed by atoms with Gasteiger partial charge in [0.1, 0.15) is 5.60 Å². The molecule has 0 atom stereocenters. The van der Waals surface area contributed by atoms with Crippen LogP contribution in [0.15, 0.2) is 16.6 Å². The number of benzene rings is 1. The number of anilines is 1. The topological polar surface area (TPSA) is 38.3 Å². The first-order chi connectivity index (χ1) is 8.69. The third kappa shape index (κ3) is 6.02. The van der Waals surface area contributed by atoms with Gasteiger partial charge in [-0.25, -0.2) is 0 Å². The summed E-state index contributed by atoms with van der Waals surface area (Å²) >= 11 is 15.4. The molecular formula is C13H16BrCl2NO2. The van der Waals surface area contributed by atoms with Gasteiger partial charge in [-0.15, -0.1) is 0 Å². The van der Waals surface area contributed by atoms with Crippen LogP contribution in [0, 0.1) is 0 Å². The minimum Gasteiger partial charge on any atom is -0.460 e. The summed E-state index contributed by atoms with van der Waals surface area (Å²) in [6, 6.07) is 3.48. The van der Waals surface area contributed by atoms with Gasteiger partial charge in [-0.1, -0.05) is 39.1 Å². The van der Waals surface area contributed by atoms with E-state index >= 15 is 0 Å². The Morgan fingerprint density at radius 2 is 1.84 bits per heavy atom. The van der Waals surface area contributed by atoms with Crippen LogP contribution in [0.1, 0.15) is 27.2 Å². The summed E-state index contributed by atoms with van der Waals surface area (Å²) in [6.45, 7) is 5.92. The zero-order chi connectivity index (χ0) is 14.6. The molecule has 0 saturated carbocycles. The lowest BCUT2D eigenvalue weighted by Gasteiger charge is -2.19. The summed E-state index contributed by atoms with van der Waals surface area (Å²) in [7, 11) is 0. The van der Waals surface area contributed by atoms with Gasteiger partial charge in [0.25, 0.3) is 0 Å². The van der Waals surface area contributed by atoms with Crippen LogP contribution >= 0.6 is 39.1 Å². The first-order valence-corrected chi connectivity index (χ1v) is 7.34. The molecule has 0 radical (unpaired) electrons. The first-order valence-electron chi connectivity index (χ1n) is 5.79. The molecule has 0 heterocycles. The van der Waals surface area contributed by atoms with Gasteiger partial charge in [0.05, 0.1) is 22.2 Å². The molecule has 0 unspecified atom stereocenters. The fraction of sp³-hybridized carbons (Fsp3) is 0.462. The van der Waals surface area contributed by atoms with Crippen molar-refractivity contribution >= 4 is 50.8 Å². The molecule has 6 heteroatoms. The van der Waals surface area contributed by atoms with Gasteiger partial charge < -0.3 is 10.1 Å². The number of carbonyl (C=O) groups is 1. The Balaban J connectivity index is 2.52. The summed E-state index contributed by atoms with van der Waals surface area (Å²) in [6.07, 6.45) is 0.250. The van der Waals surface area contributed by atoms with E-state index in [1.165, 1.54) is 0 Å². The van der Waals surface area contributed by atoms with Gasteiger partial charge in [0, 0.05) is 11.0 Å². The van der Waals surface area contributed by atoms with E-state index in [-0.39, 0.29) is 12.4 Å². The Kier molecular flexibility index (Phi) is 5.96. The van der Waals surface area contributed by atoms with Crippen molar-refractivity contribution in [2.45, 2.75) is 32.8 Å². The van der Waals surface area contributed by atoms with Crippen LogP contribution in [0.5, 0.6) is 0 Å². The third-order valence-electron chi connectivity index (χ3n) is 2.06. The lowest BCUT2D eigenvalue weighted by molar-refractivity contribution is -0.154. The normalized spacial score (nSPS) is 11.3. The highest BCUT2D eigenvalue weighted by atomic mass is 79.9. The number of nitrogens with one attached hydrogen (secondary N) is 1. The smallest absolute Gasteiger partial charge is 0.308 e. The lowest BCUT2D eigenvalue weighted by Crippen LogP contribution is -2.25. The number of halogens is 3. The molecule has 19 heavy (non-hydrogen) atoms. The van der Waals surface area contributed by atoms with Crippen molar-refractivity contribution in [3.8, 4) is 0 Å². The predicted octanol–water partition coefficient (Wildman–Crippen LogP) is 4.90. The largest absolute Gasteiger partial charge is 0.460 e. The lowest BCUT2D eigenvalue weighted by atomic mass is 10.2. The zero-order valence-electron chi connectivity index (χ0n) is 11.0. The molecule has 0 amide bonds. The monoisotopic (exact) mass is 367 g/mol. The van der Waals surface area contributed by atoms with E-state index in [4.69, 9.17) is 27.9 Å². The molecule has 1 N–H and O–H groups in total. The van der Waals surface area contributed by atoms with Crippen LogP contribution < -0.4 is 5.32 Å². The number of hydrogen-bond donors (Lipinski definition) is 1. The second-order valence-electron chi connectivity index (χ2n) is 5.01. The molecule has 0 bridgehead atoms. The van der Waals surface area contributed by atoms with E-state index in [0.29, 0.717) is 22.3 Å². The molecule has 1 rings (SSSR count). The molecule has 1 aromatic carbocycles. The zero-order valence-corrected chi connectivity index (χ0v) is 14.1. The highest BCUT2D eigenvalue weighted by Gasteiger charge is 2.16. The highest BCUT2D eigenvalue weighted by molar-refractivity contribution is 9.10. The van der Waals surface area contributed by atoms with Gasteiger partial charge in [-0.2, -0.15) is 0 Å². The second-order valence-corrected chi connectivity index (χ2v) is 6.74. The summed E-state index contributed by atoms with van der Waals surface area (Å²) in [5.41, 5.74) is 0.152. The van der Waals surface area contributed by atoms with Gasteiger partial charge in [0.2, 0.25) is 0 Å². The quantitative estimate of drug-likeness (QED) is 0.768. The second kappa shape index (κ2) is 6.82. The van der Waals surface area contributed by atoms with E-state index < -0.39 is 5.60 Å². The van der Waals surface area contributed by atoms with Crippen LogP contribution in [0.4, 0.5) is 5.69 Å². The molecule has 3 nitrogen and oxygen atoms in total. The van der Waals surface area contributed by atoms with Crippen molar-refractivity contribution in [3.05, 3.63) is 26.7 Å². The molecule has 0 aliphatic heterocycles. The molecule has 0 saturated heterocycles. The van der Waals surface area contributed by atoms with Crippen molar-refractivity contribution < 1.29 is 9.53 Å². The van der Waals surface area contributed by atoms with E-state index in [0.717, 1.165) is 4.47 Å². The van der Waals surface area contributed by atoms with E-state index in [2.05, 4.69) is 21.2 Å². The molecule has 0 aliphatic rings. The van der Waals surface area contributed by atoms with Crippen molar-refractivity contribution in [2.75, 3.05) is 11.9 Å². The average molecular weight is 369 g/mol. The highest BCUT2D eigenvalue weighted by Crippen LogP contribution is 2.33. The van der Waals surface area contributed by atoms with Gasteiger partial charge in [-0.05, 0) is 32.9 Å². The van der Waals surface area contributed by atoms with Crippen LogP contribution in [0.2, 0.25) is 10.0 Å². The van der Waals surface area contributed by atoms with Gasteiger partial charge >= 0.3 is 5.97 Å². The van der Waals surface area contributed by atoms with Crippen molar-refractivity contribution in [3.63, 3.8) is 0 Å². The first kappa shape index (κ1) is 16.6. The molecule has 1 aromatic rings. The fourth-order valence-corrected chi connectivity index (χ4v) is 2.74. The maximum atomic E-state index is 11.5. The Morgan fingerprint density at radius 1 is 1.32 bits per heavy atom. The van der Waals surface area contributed by atoms with E-state index in [9.17, 15) is 4.79 Å². The number of hydrogen-bond acceptors (Lipinski definition) is 3. The SMILES string of the molecule is CC(C)(C)OC(=O)CCNc1c(Cl)cc(Br)cc1Cl. The Labute approximate surface area is 131 Å². The number of esters is 1. The molecule has 0 aliphatic carbocycles. The molecular weight excluding hydrogens is 353 g/mol. The maximum Gasteiger partial charge on any atom is 0.308 e. The Morgan fingerprint density at radius 3 is 2.32 bits per heavy atom. The molecule has 0 spiro atoms. The summed E-state index contributed by atoms with van der Waals surface area (Å²) in [4.78, 5) is 11.5. The van der Waals surface area contributed by atoms with Crippen LogP contribution in [0.25, 0.3) is 0 Å². The minimum atomic E-state index is -0.468. The standard InChI is InChI=1S/C13H16BrCl2NO2/c1-13(2,3)19-11(18)4-5-17-12-9(15)6-8(14)7-10(12)16/h6-7,17H,4-5H2,1-3H3. The maximum absolute atomic E-state index is 11.5. The summed E-state index contributed by atoms with van der Waals surface area (Å²) in [5.74, 6) is -0.260. The number of carbonyl (C=O) groups excluding carboxylic acids is 1. The van der Waals surface area contributed by atoms with Crippen LogP contribution in [-0.4, -0.2) is 18.1 Å². The predicted molar refractivity (Wildman–Crippen MR) is 83.1 cm³/mol. The summed E-state index contributed by atoms with van der Waals surface area (Å²) in [5, 5.41) is 4.05. The fourth-order valence-electron chi connectivity index (χ4n) is 1.39.